The summed E-state index contributed by atoms with van der Waals surface area (Å²) in [5, 5.41) is 20.1. The highest BCUT2D eigenvalue weighted by Gasteiger charge is 2.50. The van der Waals surface area contributed by atoms with Crippen LogP contribution in [0.4, 0.5) is 26.7 Å². The van der Waals surface area contributed by atoms with Crippen LogP contribution < -0.4 is 44.7 Å². The molecule has 3 saturated heterocycles. The molecule has 526 valence electrons. The average molecular weight is 1370 g/mol. The molecular weight excluding hydrogens is 1290 g/mol. The zero-order chi connectivity index (χ0) is 71.3. The van der Waals surface area contributed by atoms with Crippen LogP contribution in [0.15, 0.2) is 97.1 Å². The van der Waals surface area contributed by atoms with Crippen LogP contribution in [-0.4, -0.2) is 180 Å². The van der Waals surface area contributed by atoms with Gasteiger partial charge in [0.2, 0.25) is 17.7 Å². The summed E-state index contributed by atoms with van der Waals surface area (Å²) in [4.78, 5) is 146. The maximum Gasteiger partial charge on any atom is 0.417 e. The Morgan fingerprint density at radius 2 is 1.28 bits per heavy atom. The van der Waals surface area contributed by atoms with Crippen molar-refractivity contribution in [2.45, 2.75) is 148 Å². The van der Waals surface area contributed by atoms with Crippen molar-refractivity contribution in [1.29, 1.82) is 0 Å². The van der Waals surface area contributed by atoms with E-state index >= 15 is 0 Å². The molecule has 1 aromatic heterocycles. The molecule has 99 heavy (non-hydrogen) atoms. The molecule has 7 heterocycles. The Bertz CT molecular complexity index is 3900. The first-order valence-electron chi connectivity index (χ1n) is 32.3. The number of pyridine rings is 1. The summed E-state index contributed by atoms with van der Waals surface area (Å²) < 4.78 is 54.1. The normalized spacial score (nSPS) is 20.2. The minimum absolute atomic E-state index is 0.0248. The van der Waals surface area contributed by atoms with Crippen LogP contribution >= 0.6 is 0 Å². The van der Waals surface area contributed by atoms with E-state index in [0.29, 0.717) is 36.3 Å². The lowest BCUT2D eigenvalue weighted by Gasteiger charge is -2.39. The number of amides is 9. The minimum atomic E-state index is -1.67. The van der Waals surface area contributed by atoms with Gasteiger partial charge in [0.05, 0.1) is 72.9 Å². The molecule has 4 aromatic rings. The summed E-state index contributed by atoms with van der Waals surface area (Å²) in [6, 6.07) is 11.0. The van der Waals surface area contributed by atoms with Crippen molar-refractivity contribution < 1.29 is 95.7 Å². The van der Waals surface area contributed by atoms with Gasteiger partial charge in [0.15, 0.2) is 41.7 Å². The highest BCUT2D eigenvalue weighted by atomic mass is 16.7. The maximum absolute atomic E-state index is 14.7. The van der Waals surface area contributed by atoms with Gasteiger partial charge in [-0.3, -0.25) is 43.4 Å². The summed E-state index contributed by atoms with van der Waals surface area (Å²) >= 11 is 0. The summed E-state index contributed by atoms with van der Waals surface area (Å²) in [5.41, 5.74) is 1.66. The third kappa shape index (κ3) is 16.1. The zero-order valence-corrected chi connectivity index (χ0v) is 56.5. The van der Waals surface area contributed by atoms with Crippen LogP contribution in [0.1, 0.15) is 128 Å². The van der Waals surface area contributed by atoms with Gasteiger partial charge in [-0.15, -0.1) is 0 Å². The van der Waals surface area contributed by atoms with Gasteiger partial charge in [-0.1, -0.05) is 50.3 Å². The molecule has 6 aliphatic rings. The molecule has 0 saturated carbocycles. The van der Waals surface area contributed by atoms with Crippen LogP contribution in [0.5, 0.6) is 23.0 Å². The van der Waals surface area contributed by atoms with Crippen LogP contribution in [0.3, 0.4) is 0 Å². The number of anilines is 3. The molecule has 3 fully saturated rings. The van der Waals surface area contributed by atoms with Crippen molar-refractivity contribution in [2.24, 2.45) is 5.92 Å². The molecule has 0 radical (unpaired) electrons. The van der Waals surface area contributed by atoms with Gasteiger partial charge < -0.3 is 73.5 Å². The topological polar surface area (TPSA) is 339 Å². The van der Waals surface area contributed by atoms with Crippen molar-refractivity contribution in [3.05, 3.63) is 131 Å². The predicted molar refractivity (Wildman–Crippen MR) is 353 cm³/mol. The van der Waals surface area contributed by atoms with E-state index in [4.69, 9.17) is 47.6 Å². The first-order chi connectivity index (χ1) is 47.1. The van der Waals surface area contributed by atoms with E-state index < -0.39 is 114 Å². The molecule has 3 aromatic carbocycles. The van der Waals surface area contributed by atoms with Crippen molar-refractivity contribution >= 4 is 76.6 Å². The second-order valence-electron chi connectivity index (χ2n) is 26.0. The van der Waals surface area contributed by atoms with Gasteiger partial charge in [0, 0.05) is 62.6 Å². The molecule has 9 amide bonds. The molecule has 7 atom stereocenters. The number of nitrogens with one attached hydrogen (secondary N) is 3. The molecule has 0 aliphatic carbocycles. The Labute approximate surface area is 571 Å². The number of ether oxygens (including phenoxy) is 9. The molecule has 6 aliphatic heterocycles. The van der Waals surface area contributed by atoms with E-state index in [1.54, 1.807) is 51.7 Å². The lowest BCUT2D eigenvalue weighted by atomic mass is 10.0. The largest absolute Gasteiger partial charge is 0.493 e. The number of fused-ring (bicyclic) bond motifs is 4. The van der Waals surface area contributed by atoms with Gasteiger partial charge in [-0.2, -0.15) is 0 Å². The molecular formula is C70H81N9O20. The van der Waals surface area contributed by atoms with Crippen LogP contribution in [0, 0.1) is 5.92 Å². The number of nitrogens with zero attached hydrogens (tertiary/aromatic N) is 6. The van der Waals surface area contributed by atoms with Crippen molar-refractivity contribution in [3.8, 4) is 23.0 Å². The summed E-state index contributed by atoms with van der Waals surface area (Å²) in [7, 11) is 3.94. The molecule has 29 heteroatoms. The van der Waals surface area contributed by atoms with Crippen LogP contribution in [-0.2, 0) is 67.5 Å². The van der Waals surface area contributed by atoms with Gasteiger partial charge in [0.1, 0.15) is 37.5 Å². The number of methoxy groups -OCH3 is 3. The monoisotopic (exact) mass is 1370 g/mol. The Balaban J connectivity index is 0.851. The summed E-state index contributed by atoms with van der Waals surface area (Å²) in [6.07, 6.45) is -0.613. The van der Waals surface area contributed by atoms with E-state index in [2.05, 4.69) is 29.1 Å². The van der Waals surface area contributed by atoms with Gasteiger partial charge in [-0.05, 0) is 108 Å². The lowest BCUT2D eigenvalue weighted by Crippen LogP contribution is -2.54. The van der Waals surface area contributed by atoms with Crippen molar-refractivity contribution in [2.75, 3.05) is 62.7 Å². The molecule has 29 nitrogen and oxygen atoms in total. The fourth-order valence-electron chi connectivity index (χ4n) is 12.3. The third-order valence-corrected chi connectivity index (χ3v) is 17.2. The number of aliphatic hydroxyl groups is 1. The highest BCUT2D eigenvalue weighted by Crippen LogP contribution is 2.45. The first kappa shape index (κ1) is 71.4. The number of hydrogen-bond acceptors (Lipinski definition) is 21. The number of benzene rings is 3. The lowest BCUT2D eigenvalue weighted by molar-refractivity contribution is -0.195. The van der Waals surface area contributed by atoms with E-state index in [1.165, 1.54) is 86.6 Å². The Morgan fingerprint density at radius 1 is 0.707 bits per heavy atom. The van der Waals surface area contributed by atoms with Crippen LogP contribution in [0.2, 0.25) is 0 Å². The number of carbonyl (C=O) groups excluding carboxylic acids is 10. The minimum Gasteiger partial charge on any atom is -0.493 e. The van der Waals surface area contributed by atoms with E-state index in [0.717, 1.165) is 40.4 Å². The molecule has 1 unspecified atom stereocenters. The number of rotatable bonds is 22. The van der Waals surface area contributed by atoms with E-state index in [-0.39, 0.29) is 115 Å². The number of carbonyl (C=O) groups is 10. The van der Waals surface area contributed by atoms with Gasteiger partial charge in [-0.25, -0.2) is 24.2 Å². The van der Waals surface area contributed by atoms with Gasteiger partial charge >= 0.3 is 18.2 Å². The highest BCUT2D eigenvalue weighted by molar-refractivity contribution is 6.13. The van der Waals surface area contributed by atoms with Crippen molar-refractivity contribution in [1.82, 2.24) is 30.3 Å². The van der Waals surface area contributed by atoms with Crippen molar-refractivity contribution in [3.63, 3.8) is 0 Å². The quantitative estimate of drug-likeness (QED) is 0.0279. The zero-order valence-electron chi connectivity index (χ0n) is 56.5. The van der Waals surface area contributed by atoms with Gasteiger partial charge in [0.25, 0.3) is 23.6 Å². The first-order valence-corrected chi connectivity index (χ1v) is 32.3. The third-order valence-electron chi connectivity index (χ3n) is 17.2. The SMILES string of the molecule is C=C1C[C@H]2[C@H](O)N(C(=O)OCc3ccc(NC(=O)[C@H](C)NC(=O)[C@@H](NC(=O)CCN4C(=O)C=CC4=O)C(C)C)cc3)c3cc(OCc4cc(C(=O)OC)cc(COc5cc6c(cc5OC)C(=O)N5CC(=C)C[C@H]5[C@H](OC5CCCCO5)N6C(=O)OC(C)(C)C)n4)c(OC)cc3C(=O)N2C1. The molecule has 0 spiro atoms. The molecule has 0 bridgehead atoms. The number of aromatic nitrogens is 1. The maximum atomic E-state index is 14.7. The van der Waals surface area contributed by atoms with E-state index in [1.807, 2.05) is 0 Å². The number of imide groups is 1. The van der Waals surface area contributed by atoms with Crippen LogP contribution in [0.25, 0.3) is 0 Å². The van der Waals surface area contributed by atoms with E-state index in [9.17, 15) is 53.1 Å². The fourth-order valence-corrected chi connectivity index (χ4v) is 12.3. The second-order valence-corrected chi connectivity index (χ2v) is 26.0. The Hall–Kier alpha value is -10.4. The fraction of sp³-hybridized carbons (Fsp3) is 0.443. The number of esters is 1. The standard InChI is InChI=1S/C70H81N9O20/c1-37(2)60(74-56(80)21-22-75-57(81)19-20-58(75)82)62(84)71-40(5)61(83)73-43-17-15-41(16-18-43)34-97-68(89)78-48-30-54(52(91-9)28-46(48)63(85)76-32-38(3)24-50(76)65(78)87)95-35-44-26-42(67(88)93-11)27-45(72-44)36-96-55-31-49-47(29-53(55)92-10)64(86)77-33-39(4)25-51(77)66(98-59-14-12-13-23-94-59)79(49)69(90)99-70(6,7)8/h15-20,26-31,37,40,50-51,59-60,65-66,87H,3-4,12-14,21-25,32-36H2,1-2,5-11H3,(H,71,84)(H,73,83)(H,74,80)/t40-,50-,51-,59?,60-,65-,66-/m0/s1. The predicted octanol–water partition coefficient (Wildman–Crippen LogP) is 6.58. The average Bonchev–Trinajstić information content (AvgIpc) is 1.62. The number of hydrogen-bond donors (Lipinski definition) is 4. The summed E-state index contributed by atoms with van der Waals surface area (Å²) in [5.74, 6) is -4.78. The Morgan fingerprint density at radius 3 is 1.83 bits per heavy atom. The molecule has 4 N–H and O–H groups in total. The number of aliphatic hydroxyl groups excluding tert-OH is 1. The molecule has 10 rings (SSSR count). The Kier molecular flexibility index (Phi) is 21.7. The second kappa shape index (κ2) is 30.2. The smallest absolute Gasteiger partial charge is 0.417 e. The summed E-state index contributed by atoms with van der Waals surface area (Å²) in [6.45, 7) is 17.8.